The Morgan fingerprint density at radius 3 is 3.00 bits per heavy atom. The van der Waals surface area contributed by atoms with Gasteiger partial charge in [0.2, 0.25) is 0 Å². The van der Waals surface area contributed by atoms with Gasteiger partial charge in [-0.15, -0.1) is 0 Å². The second kappa shape index (κ2) is 4.50. The predicted molar refractivity (Wildman–Crippen MR) is 61.3 cm³/mol. The molecule has 2 heterocycles. The van der Waals surface area contributed by atoms with Crippen molar-refractivity contribution in [2.45, 2.75) is 19.4 Å². The first kappa shape index (κ1) is 10.9. The van der Waals surface area contributed by atoms with Gasteiger partial charge < -0.3 is 9.64 Å². The molecule has 0 amide bonds. The summed E-state index contributed by atoms with van der Waals surface area (Å²) in [4.78, 5) is 6.62. The Morgan fingerprint density at radius 1 is 1.56 bits per heavy atom. The first-order valence-electron chi connectivity index (χ1n) is 5.39. The van der Waals surface area contributed by atoms with Gasteiger partial charge in [-0.3, -0.25) is 0 Å². The van der Waals surface area contributed by atoms with Gasteiger partial charge in [0.05, 0.1) is 17.7 Å². The largest absolute Gasteiger partial charge is 0.380 e. The van der Waals surface area contributed by atoms with Crippen molar-refractivity contribution in [2.75, 3.05) is 25.1 Å². The first-order chi connectivity index (χ1) is 7.72. The molecule has 1 aromatic rings. The van der Waals surface area contributed by atoms with E-state index in [2.05, 4.69) is 16.0 Å². The van der Waals surface area contributed by atoms with Crippen LogP contribution in [-0.2, 0) is 4.74 Å². The highest BCUT2D eigenvalue weighted by Gasteiger charge is 2.23. The number of hydrogen-bond acceptors (Lipinski definition) is 4. The molecule has 4 nitrogen and oxygen atoms in total. The van der Waals surface area contributed by atoms with Crippen molar-refractivity contribution in [3.8, 4) is 6.07 Å². The average molecular weight is 217 g/mol. The van der Waals surface area contributed by atoms with E-state index in [4.69, 9.17) is 10.00 Å². The van der Waals surface area contributed by atoms with Crippen LogP contribution in [0.2, 0.25) is 0 Å². The molecule has 0 saturated carbocycles. The van der Waals surface area contributed by atoms with Gasteiger partial charge in [0.15, 0.2) is 0 Å². The minimum atomic E-state index is 0.285. The van der Waals surface area contributed by atoms with Crippen molar-refractivity contribution in [2.24, 2.45) is 0 Å². The number of aromatic nitrogens is 1. The molecule has 0 radical (unpaired) electrons. The molecule has 1 fully saturated rings. The number of aryl methyl sites for hydroxylation is 1. The number of rotatable bonds is 2. The van der Waals surface area contributed by atoms with Crippen LogP contribution in [0.5, 0.6) is 0 Å². The lowest BCUT2D eigenvalue weighted by Gasteiger charge is -2.17. The average Bonchev–Trinajstić information content (AvgIpc) is 2.76. The zero-order valence-electron chi connectivity index (χ0n) is 9.60. The number of nitrogens with zero attached hydrogens (tertiary/aromatic N) is 3. The SMILES string of the molecule is COC1CCN(c2cc(C#N)cc(C)n2)C1. The van der Waals surface area contributed by atoms with Crippen LogP contribution in [0.3, 0.4) is 0 Å². The predicted octanol–water partition coefficient (Wildman–Crippen LogP) is 1.49. The number of nitriles is 1. The third-order valence-corrected chi connectivity index (χ3v) is 2.87. The Kier molecular flexibility index (Phi) is 3.07. The summed E-state index contributed by atoms with van der Waals surface area (Å²) >= 11 is 0. The summed E-state index contributed by atoms with van der Waals surface area (Å²) in [6, 6.07) is 5.80. The Bertz CT molecular complexity index is 425. The van der Waals surface area contributed by atoms with Crippen LogP contribution in [0.4, 0.5) is 5.82 Å². The van der Waals surface area contributed by atoms with Gasteiger partial charge in [0.25, 0.3) is 0 Å². The van der Waals surface area contributed by atoms with Crippen molar-refractivity contribution in [3.05, 3.63) is 23.4 Å². The minimum Gasteiger partial charge on any atom is -0.380 e. The quantitative estimate of drug-likeness (QED) is 0.753. The fourth-order valence-electron chi connectivity index (χ4n) is 2.01. The second-order valence-electron chi connectivity index (χ2n) is 4.06. The van der Waals surface area contributed by atoms with E-state index in [-0.39, 0.29) is 6.10 Å². The van der Waals surface area contributed by atoms with E-state index >= 15 is 0 Å². The van der Waals surface area contributed by atoms with Crippen molar-refractivity contribution in [1.82, 2.24) is 4.98 Å². The Balaban J connectivity index is 2.21. The maximum Gasteiger partial charge on any atom is 0.130 e. The molecule has 2 rings (SSSR count). The molecule has 1 saturated heterocycles. The third kappa shape index (κ3) is 2.15. The van der Waals surface area contributed by atoms with Gasteiger partial charge in [0, 0.05) is 25.9 Å². The van der Waals surface area contributed by atoms with Crippen molar-refractivity contribution >= 4 is 5.82 Å². The molecular weight excluding hydrogens is 202 g/mol. The molecule has 0 N–H and O–H groups in total. The summed E-state index contributed by atoms with van der Waals surface area (Å²) in [6.07, 6.45) is 1.31. The number of anilines is 1. The number of pyridine rings is 1. The molecule has 16 heavy (non-hydrogen) atoms. The lowest BCUT2D eigenvalue weighted by Crippen LogP contribution is -2.23. The van der Waals surface area contributed by atoms with Crippen molar-refractivity contribution < 1.29 is 4.74 Å². The third-order valence-electron chi connectivity index (χ3n) is 2.87. The lowest BCUT2D eigenvalue weighted by molar-refractivity contribution is 0.121. The van der Waals surface area contributed by atoms with Crippen LogP contribution in [0.25, 0.3) is 0 Å². The highest BCUT2D eigenvalue weighted by molar-refractivity contribution is 5.47. The van der Waals surface area contributed by atoms with Gasteiger partial charge in [0.1, 0.15) is 5.82 Å². The van der Waals surface area contributed by atoms with E-state index in [1.54, 1.807) is 13.2 Å². The Hall–Kier alpha value is -1.60. The molecule has 1 aliphatic heterocycles. The van der Waals surface area contributed by atoms with Crippen molar-refractivity contribution in [1.29, 1.82) is 5.26 Å². The zero-order valence-corrected chi connectivity index (χ0v) is 9.60. The highest BCUT2D eigenvalue weighted by Crippen LogP contribution is 2.21. The van der Waals surface area contributed by atoms with E-state index in [1.165, 1.54) is 0 Å². The molecule has 84 valence electrons. The Morgan fingerprint density at radius 2 is 2.38 bits per heavy atom. The highest BCUT2D eigenvalue weighted by atomic mass is 16.5. The van der Waals surface area contributed by atoms with Gasteiger partial charge in [-0.05, 0) is 25.5 Å². The maximum atomic E-state index is 8.91. The van der Waals surface area contributed by atoms with Crippen LogP contribution in [0.1, 0.15) is 17.7 Å². The summed E-state index contributed by atoms with van der Waals surface area (Å²) in [5, 5.41) is 8.91. The van der Waals surface area contributed by atoms with Crippen LogP contribution in [-0.4, -0.2) is 31.3 Å². The van der Waals surface area contributed by atoms with Crippen LogP contribution in [0.15, 0.2) is 12.1 Å². The molecule has 1 atom stereocenters. The van der Waals surface area contributed by atoms with Crippen LogP contribution >= 0.6 is 0 Å². The lowest BCUT2D eigenvalue weighted by atomic mass is 10.2. The minimum absolute atomic E-state index is 0.285. The molecule has 0 bridgehead atoms. The van der Waals surface area contributed by atoms with E-state index in [1.807, 2.05) is 13.0 Å². The number of hydrogen-bond donors (Lipinski definition) is 0. The van der Waals surface area contributed by atoms with E-state index in [0.717, 1.165) is 31.0 Å². The molecule has 1 aliphatic rings. The normalized spacial score (nSPS) is 19.8. The fraction of sp³-hybridized carbons (Fsp3) is 0.500. The summed E-state index contributed by atoms with van der Waals surface area (Å²) < 4.78 is 5.32. The summed E-state index contributed by atoms with van der Waals surface area (Å²) in [5.41, 5.74) is 1.55. The summed E-state index contributed by atoms with van der Waals surface area (Å²) in [7, 11) is 1.73. The van der Waals surface area contributed by atoms with Gasteiger partial charge in [-0.25, -0.2) is 4.98 Å². The molecule has 1 aromatic heterocycles. The summed E-state index contributed by atoms with van der Waals surface area (Å²) in [6.45, 7) is 3.71. The molecule has 0 aromatic carbocycles. The fourth-order valence-corrected chi connectivity index (χ4v) is 2.01. The van der Waals surface area contributed by atoms with Crippen LogP contribution in [0, 0.1) is 18.3 Å². The van der Waals surface area contributed by atoms with E-state index in [0.29, 0.717) is 5.56 Å². The molecule has 4 heteroatoms. The first-order valence-corrected chi connectivity index (χ1v) is 5.39. The molecule has 0 spiro atoms. The molecule has 1 unspecified atom stereocenters. The maximum absolute atomic E-state index is 8.91. The van der Waals surface area contributed by atoms with Gasteiger partial charge in [-0.1, -0.05) is 0 Å². The zero-order chi connectivity index (χ0) is 11.5. The number of ether oxygens (including phenoxy) is 1. The monoisotopic (exact) mass is 217 g/mol. The molecular formula is C12H15N3O. The van der Waals surface area contributed by atoms with E-state index < -0.39 is 0 Å². The topological polar surface area (TPSA) is 49.1 Å². The van der Waals surface area contributed by atoms with Crippen molar-refractivity contribution in [3.63, 3.8) is 0 Å². The molecule has 0 aliphatic carbocycles. The standard InChI is InChI=1S/C12H15N3O/c1-9-5-10(7-13)6-12(14-9)15-4-3-11(8-15)16-2/h5-6,11H,3-4,8H2,1-2H3. The Labute approximate surface area is 95.5 Å². The van der Waals surface area contributed by atoms with E-state index in [9.17, 15) is 0 Å². The smallest absolute Gasteiger partial charge is 0.130 e. The van der Waals surface area contributed by atoms with Gasteiger partial charge in [-0.2, -0.15) is 5.26 Å². The van der Waals surface area contributed by atoms with Crippen LogP contribution < -0.4 is 4.90 Å². The summed E-state index contributed by atoms with van der Waals surface area (Å²) in [5.74, 6) is 0.885. The number of methoxy groups -OCH3 is 1. The van der Waals surface area contributed by atoms with Gasteiger partial charge >= 0.3 is 0 Å². The second-order valence-corrected chi connectivity index (χ2v) is 4.06.